The average Bonchev–Trinajstić information content (AvgIpc) is 2.53. The lowest BCUT2D eigenvalue weighted by Crippen LogP contribution is -2.57. The largest absolute Gasteiger partial charge is 0.449 e. The van der Waals surface area contributed by atoms with E-state index in [1.54, 1.807) is 0 Å². The predicted octanol–water partition coefficient (Wildman–Crippen LogP) is 4.55. The Kier molecular flexibility index (Phi) is 6.73. The number of hydrogen-bond donors (Lipinski definition) is 1. The Morgan fingerprint density at radius 1 is 1.38 bits per heavy atom. The van der Waals surface area contributed by atoms with Gasteiger partial charge in [-0.25, -0.2) is 4.79 Å². The van der Waals surface area contributed by atoms with Gasteiger partial charge in [-0.15, -0.1) is 0 Å². The second-order valence-corrected chi connectivity index (χ2v) is 7.74. The molecule has 0 aromatic carbocycles. The Morgan fingerprint density at radius 2 is 2.12 bits per heavy atom. The summed E-state index contributed by atoms with van der Waals surface area (Å²) in [5.41, 5.74) is 1.34. The summed E-state index contributed by atoms with van der Waals surface area (Å²) in [6.07, 6.45) is 6.68. The van der Waals surface area contributed by atoms with Gasteiger partial charge in [0.2, 0.25) is 0 Å². The van der Waals surface area contributed by atoms with Crippen molar-refractivity contribution in [2.75, 3.05) is 19.8 Å². The number of unbranched alkanes of at least 4 members (excludes halogenated alkanes) is 1. The molecule has 2 bridgehead atoms. The van der Waals surface area contributed by atoms with E-state index in [-0.39, 0.29) is 11.5 Å². The molecule has 1 amide bonds. The number of allylic oxidation sites excluding steroid dienone is 1. The molecule has 1 N–H and O–H groups in total. The zero-order chi connectivity index (χ0) is 17.7. The van der Waals surface area contributed by atoms with Crippen molar-refractivity contribution in [2.45, 2.75) is 66.4 Å². The first-order valence-electron chi connectivity index (χ1n) is 9.66. The number of ether oxygens (including phenoxy) is 2. The molecule has 24 heavy (non-hydrogen) atoms. The fraction of sp³-hybridized carbons (Fsp3) is 0.850. The molecule has 2 aliphatic rings. The van der Waals surface area contributed by atoms with Crippen molar-refractivity contribution in [2.24, 2.45) is 23.2 Å². The lowest BCUT2D eigenvalue weighted by Gasteiger charge is -2.55. The third-order valence-corrected chi connectivity index (χ3v) is 6.20. The maximum atomic E-state index is 12.0. The van der Waals surface area contributed by atoms with Crippen LogP contribution < -0.4 is 5.32 Å². The van der Waals surface area contributed by atoms with Crippen molar-refractivity contribution in [3.8, 4) is 0 Å². The number of carbonyl (C=O) groups excluding carboxylic acids is 1. The van der Waals surface area contributed by atoms with Crippen molar-refractivity contribution in [3.05, 3.63) is 11.6 Å². The van der Waals surface area contributed by atoms with Gasteiger partial charge in [-0.05, 0) is 31.6 Å². The summed E-state index contributed by atoms with van der Waals surface area (Å²) in [6, 6.07) is 0. The summed E-state index contributed by atoms with van der Waals surface area (Å²) in [4.78, 5) is 12.0. The summed E-state index contributed by atoms with van der Waals surface area (Å²) in [6.45, 7) is 12.9. The molecule has 0 aromatic heterocycles. The normalized spacial score (nSPS) is 35.3. The van der Waals surface area contributed by atoms with Gasteiger partial charge in [0, 0.05) is 17.9 Å². The van der Waals surface area contributed by atoms with Gasteiger partial charge in [0.15, 0.2) is 0 Å². The smallest absolute Gasteiger partial charge is 0.407 e. The van der Waals surface area contributed by atoms with E-state index in [0.29, 0.717) is 43.6 Å². The van der Waals surface area contributed by atoms with Crippen molar-refractivity contribution in [1.82, 2.24) is 5.32 Å². The Bertz CT molecular complexity index is 462. The molecule has 0 spiro atoms. The van der Waals surface area contributed by atoms with Crippen molar-refractivity contribution < 1.29 is 14.3 Å². The second-order valence-electron chi connectivity index (χ2n) is 7.74. The van der Waals surface area contributed by atoms with Crippen LogP contribution in [0, 0.1) is 23.2 Å². The van der Waals surface area contributed by atoms with Crippen LogP contribution >= 0.6 is 0 Å². The molecule has 1 saturated heterocycles. The number of rotatable bonds is 7. The minimum Gasteiger partial charge on any atom is -0.449 e. The van der Waals surface area contributed by atoms with Crippen LogP contribution in [0.15, 0.2) is 11.6 Å². The lowest BCUT2D eigenvalue weighted by atomic mass is 9.56. The molecule has 138 valence electrons. The summed E-state index contributed by atoms with van der Waals surface area (Å²) >= 11 is 0. The number of fused-ring (bicyclic) bond motifs is 2. The van der Waals surface area contributed by atoms with Gasteiger partial charge in [0.1, 0.15) is 6.61 Å². The highest BCUT2D eigenvalue weighted by molar-refractivity contribution is 5.67. The second kappa shape index (κ2) is 8.37. The van der Waals surface area contributed by atoms with Gasteiger partial charge in [0.05, 0.1) is 12.7 Å². The fourth-order valence-electron chi connectivity index (χ4n) is 4.55. The van der Waals surface area contributed by atoms with E-state index in [4.69, 9.17) is 9.47 Å². The molecule has 2 rings (SSSR count). The van der Waals surface area contributed by atoms with Crippen LogP contribution in [-0.4, -0.2) is 32.0 Å². The first kappa shape index (κ1) is 19.3. The quantitative estimate of drug-likeness (QED) is 0.548. The van der Waals surface area contributed by atoms with E-state index in [2.05, 4.69) is 46.0 Å². The molecule has 1 fully saturated rings. The molecule has 0 saturated carbocycles. The van der Waals surface area contributed by atoms with E-state index in [1.807, 2.05) is 0 Å². The van der Waals surface area contributed by atoms with Crippen LogP contribution in [0.4, 0.5) is 4.79 Å². The summed E-state index contributed by atoms with van der Waals surface area (Å²) in [7, 11) is 0. The standard InChI is InChI=1S/C20H35NO3/c1-6-8-10-21-19(22)24-13-20-12-23-17(9-7-2)18(16(20)5)14(3)11-15(20)4/h11,15-18H,6-10,12-13H2,1-5H3,(H,21,22)/t15?,16-,17?,18?,20?/m1/s1. The van der Waals surface area contributed by atoms with Crippen LogP contribution in [0.25, 0.3) is 0 Å². The van der Waals surface area contributed by atoms with Crippen molar-refractivity contribution >= 4 is 6.09 Å². The van der Waals surface area contributed by atoms with E-state index in [9.17, 15) is 4.79 Å². The molecule has 4 nitrogen and oxygen atoms in total. The fourth-order valence-corrected chi connectivity index (χ4v) is 4.55. The van der Waals surface area contributed by atoms with Gasteiger partial charge >= 0.3 is 6.09 Å². The third-order valence-electron chi connectivity index (χ3n) is 6.20. The zero-order valence-electron chi connectivity index (χ0n) is 16.1. The van der Waals surface area contributed by atoms with E-state index >= 15 is 0 Å². The molecule has 1 aliphatic carbocycles. The van der Waals surface area contributed by atoms with Crippen LogP contribution in [0.3, 0.4) is 0 Å². The van der Waals surface area contributed by atoms with Gasteiger partial charge in [0.25, 0.3) is 0 Å². The maximum absolute atomic E-state index is 12.0. The molecule has 1 heterocycles. The summed E-state index contributed by atoms with van der Waals surface area (Å²) in [5, 5.41) is 2.84. The van der Waals surface area contributed by atoms with E-state index < -0.39 is 0 Å². The van der Waals surface area contributed by atoms with Crippen LogP contribution in [-0.2, 0) is 9.47 Å². The molecule has 0 radical (unpaired) electrons. The van der Waals surface area contributed by atoms with Crippen molar-refractivity contribution in [1.29, 1.82) is 0 Å². The highest BCUT2D eigenvalue weighted by atomic mass is 16.6. The van der Waals surface area contributed by atoms with Gasteiger partial charge in [-0.3, -0.25) is 0 Å². The molecule has 4 heteroatoms. The summed E-state index contributed by atoms with van der Waals surface area (Å²) < 4.78 is 11.9. The first-order valence-corrected chi connectivity index (χ1v) is 9.66. The highest BCUT2D eigenvalue weighted by Crippen LogP contribution is 2.53. The van der Waals surface area contributed by atoms with E-state index in [1.165, 1.54) is 5.57 Å². The molecule has 1 aliphatic heterocycles. The SMILES string of the molecule is CCCCNC(=O)OCC12COC(CCC)C(C(C)=CC1C)[C@H]2C. The Morgan fingerprint density at radius 3 is 2.79 bits per heavy atom. The lowest BCUT2D eigenvalue weighted by molar-refractivity contribution is -0.164. The Balaban J connectivity index is 2.06. The number of carbonyl (C=O) groups is 1. The minimum atomic E-state index is -0.296. The minimum absolute atomic E-state index is 0.101. The molecule has 5 atom stereocenters. The molecular formula is C20H35NO3. The van der Waals surface area contributed by atoms with Crippen LogP contribution in [0.2, 0.25) is 0 Å². The molecule has 0 aromatic rings. The molecular weight excluding hydrogens is 302 g/mol. The number of hydrogen-bond acceptors (Lipinski definition) is 3. The predicted molar refractivity (Wildman–Crippen MR) is 96.9 cm³/mol. The monoisotopic (exact) mass is 337 g/mol. The van der Waals surface area contributed by atoms with E-state index in [0.717, 1.165) is 25.7 Å². The zero-order valence-corrected chi connectivity index (χ0v) is 16.1. The summed E-state index contributed by atoms with van der Waals surface area (Å²) in [5.74, 6) is 1.27. The highest BCUT2D eigenvalue weighted by Gasteiger charge is 2.53. The Labute approximate surface area is 147 Å². The number of alkyl carbamates (subject to hydrolysis) is 1. The number of amides is 1. The van der Waals surface area contributed by atoms with Gasteiger partial charge in [-0.1, -0.05) is 52.2 Å². The Hall–Kier alpha value is -1.03. The topological polar surface area (TPSA) is 47.6 Å². The first-order chi connectivity index (χ1) is 11.5. The average molecular weight is 338 g/mol. The van der Waals surface area contributed by atoms with Gasteiger partial charge < -0.3 is 14.8 Å². The number of nitrogens with one attached hydrogen (secondary N) is 1. The van der Waals surface area contributed by atoms with Crippen LogP contribution in [0.1, 0.15) is 60.3 Å². The third kappa shape index (κ3) is 3.79. The maximum Gasteiger partial charge on any atom is 0.407 e. The van der Waals surface area contributed by atoms with Gasteiger partial charge in [-0.2, -0.15) is 0 Å². The molecule has 4 unspecified atom stereocenters. The van der Waals surface area contributed by atoms with Crippen LogP contribution in [0.5, 0.6) is 0 Å². The van der Waals surface area contributed by atoms with Crippen molar-refractivity contribution in [3.63, 3.8) is 0 Å².